The van der Waals surface area contributed by atoms with Gasteiger partial charge in [-0.15, -0.1) is 0 Å². The Bertz CT molecular complexity index is 843. The third kappa shape index (κ3) is 5.02. The molecule has 4 rings (SSSR count). The quantitative estimate of drug-likeness (QED) is 0.728. The number of rotatable bonds is 7. The summed E-state index contributed by atoms with van der Waals surface area (Å²) in [6.45, 7) is 8.22. The van der Waals surface area contributed by atoms with Gasteiger partial charge in [0.2, 0.25) is 11.8 Å². The third-order valence-corrected chi connectivity index (χ3v) is 6.57. The van der Waals surface area contributed by atoms with E-state index in [1.807, 2.05) is 41.8 Å². The zero-order valence-electron chi connectivity index (χ0n) is 18.7. The number of benzene rings is 1. The number of carbonyl (C=O) groups excluding carboxylic acids is 3. The third-order valence-electron chi connectivity index (χ3n) is 6.57. The lowest BCUT2D eigenvalue weighted by Crippen LogP contribution is -2.37. The molecule has 1 heterocycles. The van der Waals surface area contributed by atoms with Crippen molar-refractivity contribution in [3.8, 4) is 0 Å². The molecule has 2 aliphatic carbocycles. The van der Waals surface area contributed by atoms with Gasteiger partial charge in [-0.25, -0.2) is 0 Å². The Hall–Kier alpha value is -2.57. The molecule has 1 aromatic rings. The second-order valence-corrected chi connectivity index (χ2v) is 8.91. The maximum absolute atomic E-state index is 13.3. The molecule has 1 aliphatic heterocycles. The largest absolute Gasteiger partial charge is 0.369 e. The van der Waals surface area contributed by atoms with Crippen LogP contribution in [-0.4, -0.2) is 66.8 Å². The van der Waals surface area contributed by atoms with Crippen LogP contribution in [0.15, 0.2) is 18.2 Å². The summed E-state index contributed by atoms with van der Waals surface area (Å²) in [5.41, 5.74) is 2.19. The predicted molar refractivity (Wildman–Crippen MR) is 121 cm³/mol. The average Bonchev–Trinajstić information content (AvgIpc) is 3.67. The Morgan fingerprint density at radius 2 is 1.68 bits per heavy atom. The highest BCUT2D eigenvalue weighted by Gasteiger charge is 2.34. The molecule has 1 saturated heterocycles. The molecule has 3 fully saturated rings. The molecule has 31 heavy (non-hydrogen) atoms. The van der Waals surface area contributed by atoms with Crippen molar-refractivity contribution in [2.45, 2.75) is 46.0 Å². The van der Waals surface area contributed by atoms with E-state index in [4.69, 9.17) is 0 Å². The van der Waals surface area contributed by atoms with Crippen molar-refractivity contribution >= 4 is 29.1 Å². The molecule has 7 nitrogen and oxygen atoms in total. The average molecular weight is 427 g/mol. The van der Waals surface area contributed by atoms with Gasteiger partial charge in [0.25, 0.3) is 5.91 Å². The Morgan fingerprint density at radius 1 is 0.968 bits per heavy atom. The van der Waals surface area contributed by atoms with E-state index in [9.17, 15) is 14.4 Å². The van der Waals surface area contributed by atoms with Gasteiger partial charge in [0.1, 0.15) is 0 Å². The second-order valence-electron chi connectivity index (χ2n) is 8.91. The van der Waals surface area contributed by atoms with Gasteiger partial charge in [0, 0.05) is 62.5 Å². The van der Waals surface area contributed by atoms with Gasteiger partial charge in [-0.1, -0.05) is 0 Å². The summed E-state index contributed by atoms with van der Waals surface area (Å²) in [6.07, 6.45) is 4.82. The molecule has 1 aromatic carbocycles. The molecule has 0 radical (unpaired) electrons. The fraction of sp³-hybridized carbons (Fsp3) is 0.625. The molecule has 0 spiro atoms. The minimum absolute atomic E-state index is 0.0160. The summed E-state index contributed by atoms with van der Waals surface area (Å²) in [4.78, 5) is 44.1. The maximum Gasteiger partial charge on any atom is 0.256 e. The number of hydrogen-bond donors (Lipinski definition) is 1. The van der Waals surface area contributed by atoms with Gasteiger partial charge in [0.15, 0.2) is 0 Å². The first-order chi connectivity index (χ1) is 15.0. The Labute approximate surface area is 184 Å². The number of hydrogen-bond acceptors (Lipinski definition) is 4. The maximum atomic E-state index is 13.3. The van der Waals surface area contributed by atoms with E-state index in [1.54, 1.807) is 0 Å². The Kier molecular flexibility index (Phi) is 6.49. The SMILES string of the molecule is CCN(CC)C(=O)c1cc(NC(=O)C2CC2)ccc1N1CCCN(C(=O)C2CC2)CC1. The zero-order chi connectivity index (χ0) is 22.0. The first-order valence-corrected chi connectivity index (χ1v) is 11.8. The summed E-state index contributed by atoms with van der Waals surface area (Å²) in [6, 6.07) is 5.68. The lowest BCUT2D eigenvalue weighted by molar-refractivity contribution is -0.132. The van der Waals surface area contributed by atoms with Crippen molar-refractivity contribution < 1.29 is 14.4 Å². The number of nitrogens with zero attached hydrogens (tertiary/aromatic N) is 3. The lowest BCUT2D eigenvalue weighted by atomic mass is 10.1. The summed E-state index contributed by atoms with van der Waals surface area (Å²) in [5, 5.41) is 2.98. The fourth-order valence-electron chi connectivity index (χ4n) is 4.30. The highest BCUT2D eigenvalue weighted by Crippen LogP contribution is 2.33. The smallest absolute Gasteiger partial charge is 0.256 e. The monoisotopic (exact) mass is 426 g/mol. The predicted octanol–water partition coefficient (Wildman–Crippen LogP) is 2.97. The molecule has 7 heteroatoms. The van der Waals surface area contributed by atoms with Gasteiger partial charge >= 0.3 is 0 Å². The van der Waals surface area contributed by atoms with Crippen LogP contribution in [-0.2, 0) is 9.59 Å². The van der Waals surface area contributed by atoms with Crippen molar-refractivity contribution in [2.24, 2.45) is 11.8 Å². The highest BCUT2D eigenvalue weighted by molar-refractivity contribution is 6.02. The summed E-state index contributed by atoms with van der Waals surface area (Å²) in [5.74, 6) is 0.665. The molecule has 0 bridgehead atoms. The van der Waals surface area contributed by atoms with Crippen LogP contribution in [0.5, 0.6) is 0 Å². The Morgan fingerprint density at radius 3 is 2.32 bits per heavy atom. The normalized spacial score (nSPS) is 19.0. The topological polar surface area (TPSA) is 73.0 Å². The Balaban J connectivity index is 1.56. The van der Waals surface area contributed by atoms with Crippen LogP contribution in [0.25, 0.3) is 0 Å². The lowest BCUT2D eigenvalue weighted by Gasteiger charge is -2.28. The molecular formula is C24H34N4O3. The van der Waals surface area contributed by atoms with Crippen LogP contribution in [0, 0.1) is 11.8 Å². The number of anilines is 2. The van der Waals surface area contributed by atoms with E-state index in [1.165, 1.54) is 0 Å². The van der Waals surface area contributed by atoms with Crippen molar-refractivity contribution in [3.05, 3.63) is 23.8 Å². The standard InChI is InChI=1S/C24H34N4O3/c1-3-26(4-2)24(31)20-16-19(25-22(29)17-6-7-17)10-11-21(20)27-12-5-13-28(15-14-27)23(30)18-8-9-18/h10-11,16-18H,3-9,12-15H2,1-2H3,(H,25,29). The van der Waals surface area contributed by atoms with E-state index in [2.05, 4.69) is 10.2 Å². The molecule has 2 saturated carbocycles. The minimum Gasteiger partial charge on any atom is -0.369 e. The van der Waals surface area contributed by atoms with Gasteiger partial charge in [-0.3, -0.25) is 14.4 Å². The first-order valence-electron chi connectivity index (χ1n) is 11.8. The van der Waals surface area contributed by atoms with E-state index >= 15 is 0 Å². The highest BCUT2D eigenvalue weighted by atomic mass is 16.2. The van der Waals surface area contributed by atoms with Crippen molar-refractivity contribution in [2.75, 3.05) is 49.5 Å². The molecule has 3 aliphatic rings. The molecule has 3 amide bonds. The second kappa shape index (κ2) is 9.28. The van der Waals surface area contributed by atoms with Crippen molar-refractivity contribution in [1.82, 2.24) is 9.80 Å². The number of carbonyl (C=O) groups is 3. The van der Waals surface area contributed by atoms with Gasteiger partial charge < -0.3 is 20.0 Å². The van der Waals surface area contributed by atoms with Gasteiger partial charge in [-0.05, 0) is 64.2 Å². The van der Waals surface area contributed by atoms with Crippen LogP contribution in [0.1, 0.15) is 56.3 Å². The number of amides is 3. The molecule has 0 aromatic heterocycles. The molecule has 0 unspecified atom stereocenters. The van der Waals surface area contributed by atoms with Crippen LogP contribution in [0.3, 0.4) is 0 Å². The summed E-state index contributed by atoms with van der Waals surface area (Å²) < 4.78 is 0. The van der Waals surface area contributed by atoms with Crippen molar-refractivity contribution in [3.63, 3.8) is 0 Å². The first kappa shape index (κ1) is 21.7. The minimum atomic E-state index is -0.0160. The summed E-state index contributed by atoms with van der Waals surface area (Å²) in [7, 11) is 0. The number of nitrogens with one attached hydrogen (secondary N) is 1. The van der Waals surface area contributed by atoms with Crippen LogP contribution < -0.4 is 10.2 Å². The zero-order valence-corrected chi connectivity index (χ0v) is 18.7. The van der Waals surface area contributed by atoms with Crippen molar-refractivity contribution in [1.29, 1.82) is 0 Å². The molecule has 0 atom stereocenters. The van der Waals surface area contributed by atoms with Crippen LogP contribution in [0.2, 0.25) is 0 Å². The van der Waals surface area contributed by atoms with Gasteiger partial charge in [-0.2, -0.15) is 0 Å². The van der Waals surface area contributed by atoms with Crippen LogP contribution in [0.4, 0.5) is 11.4 Å². The van der Waals surface area contributed by atoms with E-state index in [0.29, 0.717) is 43.3 Å². The summed E-state index contributed by atoms with van der Waals surface area (Å²) >= 11 is 0. The van der Waals surface area contributed by atoms with Crippen LogP contribution >= 0.6 is 0 Å². The molecular weight excluding hydrogens is 392 g/mol. The fourth-order valence-corrected chi connectivity index (χ4v) is 4.30. The van der Waals surface area contributed by atoms with E-state index in [0.717, 1.165) is 50.9 Å². The van der Waals surface area contributed by atoms with Gasteiger partial charge in [0.05, 0.1) is 5.56 Å². The molecule has 168 valence electrons. The molecule has 1 N–H and O–H groups in total. The van der Waals surface area contributed by atoms with E-state index in [-0.39, 0.29) is 23.7 Å². The van der Waals surface area contributed by atoms with E-state index < -0.39 is 0 Å².